The van der Waals surface area contributed by atoms with Crippen LogP contribution in [0.2, 0.25) is 0 Å². The minimum absolute atomic E-state index is 0.543. The van der Waals surface area contributed by atoms with Crippen molar-refractivity contribution in [3.8, 4) is 11.4 Å². The van der Waals surface area contributed by atoms with Gasteiger partial charge in [0.15, 0.2) is 0 Å². The van der Waals surface area contributed by atoms with Crippen molar-refractivity contribution in [2.24, 2.45) is 0 Å². The summed E-state index contributed by atoms with van der Waals surface area (Å²) in [5.74, 6) is 0.543. The lowest BCUT2D eigenvalue weighted by molar-refractivity contribution is -0.577. The van der Waals surface area contributed by atoms with Crippen LogP contribution in [-0.4, -0.2) is 4.57 Å². The van der Waals surface area contributed by atoms with Crippen LogP contribution >= 0.6 is 11.8 Å². The predicted octanol–water partition coefficient (Wildman–Crippen LogP) is 5.30. The van der Waals surface area contributed by atoms with Gasteiger partial charge in [0.2, 0.25) is 0 Å². The fourth-order valence-electron chi connectivity index (χ4n) is 3.43. The standard InChI is InChI=1S/C22H18N2S/c1-15(2)16-10-12-17(13-11-16)23-14-24-18-6-3-4-8-20(18)25-21-9-5-7-19(23)22(21)24/h3-13,15H,1-2H3. The molecule has 2 nitrogen and oxygen atoms in total. The molecule has 0 saturated carbocycles. The summed E-state index contributed by atoms with van der Waals surface area (Å²) < 4.78 is 4.37. The highest BCUT2D eigenvalue weighted by Crippen LogP contribution is 2.39. The molecule has 1 aromatic heterocycles. The van der Waals surface area contributed by atoms with Crippen LogP contribution < -0.4 is 4.57 Å². The van der Waals surface area contributed by atoms with Crippen LogP contribution in [0.4, 0.5) is 0 Å². The van der Waals surface area contributed by atoms with E-state index >= 15 is 0 Å². The Bertz CT molecular complexity index is 1090. The molecule has 0 unspecified atom stereocenters. The van der Waals surface area contributed by atoms with Crippen molar-refractivity contribution in [1.82, 2.24) is 4.57 Å². The molecular weight excluding hydrogens is 324 g/mol. The van der Waals surface area contributed by atoms with E-state index in [-0.39, 0.29) is 0 Å². The van der Waals surface area contributed by atoms with Crippen LogP contribution in [0, 0.1) is 6.33 Å². The van der Waals surface area contributed by atoms with Crippen LogP contribution in [0.5, 0.6) is 0 Å². The van der Waals surface area contributed by atoms with Crippen molar-refractivity contribution in [2.75, 3.05) is 0 Å². The fraction of sp³-hybridized carbons (Fsp3) is 0.136. The van der Waals surface area contributed by atoms with E-state index in [0.717, 1.165) is 5.69 Å². The molecule has 0 radical (unpaired) electrons. The minimum Gasteiger partial charge on any atom is -0.292 e. The third-order valence-corrected chi connectivity index (χ3v) is 5.90. The van der Waals surface area contributed by atoms with Gasteiger partial charge in [-0.05, 0) is 29.7 Å². The summed E-state index contributed by atoms with van der Waals surface area (Å²) in [5, 5.41) is 0. The van der Waals surface area contributed by atoms with Crippen molar-refractivity contribution >= 4 is 22.8 Å². The third kappa shape index (κ3) is 2.23. The van der Waals surface area contributed by atoms with E-state index < -0.39 is 0 Å². The van der Waals surface area contributed by atoms with Gasteiger partial charge in [0.1, 0.15) is 0 Å². The first-order valence-corrected chi connectivity index (χ1v) is 9.40. The van der Waals surface area contributed by atoms with Gasteiger partial charge in [0, 0.05) is 9.79 Å². The zero-order valence-electron chi connectivity index (χ0n) is 14.2. The summed E-state index contributed by atoms with van der Waals surface area (Å²) in [5.41, 5.74) is 6.14. The normalized spacial score (nSPS) is 12.6. The van der Waals surface area contributed by atoms with Gasteiger partial charge in [-0.1, -0.05) is 74.1 Å². The lowest BCUT2D eigenvalue weighted by atomic mass is 10.0. The highest BCUT2D eigenvalue weighted by molar-refractivity contribution is 7.99. The molecule has 3 heteroatoms. The second kappa shape index (κ2) is 5.50. The highest BCUT2D eigenvalue weighted by Gasteiger charge is 2.21. The Morgan fingerprint density at radius 3 is 2.44 bits per heavy atom. The van der Waals surface area contributed by atoms with Crippen LogP contribution in [0.1, 0.15) is 25.3 Å². The number of hydrogen-bond acceptors (Lipinski definition) is 1. The number of aromatic nitrogens is 2. The van der Waals surface area contributed by atoms with Gasteiger partial charge >= 0.3 is 0 Å². The topological polar surface area (TPSA) is 8.81 Å². The lowest BCUT2D eigenvalue weighted by Crippen LogP contribution is -2.32. The van der Waals surface area contributed by atoms with Gasteiger partial charge < -0.3 is 0 Å². The van der Waals surface area contributed by atoms with Gasteiger partial charge in [-0.3, -0.25) is 9.13 Å². The Hall–Kier alpha value is -2.52. The lowest BCUT2D eigenvalue weighted by Gasteiger charge is -2.17. The Morgan fingerprint density at radius 1 is 0.880 bits per heavy atom. The van der Waals surface area contributed by atoms with Crippen molar-refractivity contribution in [3.63, 3.8) is 0 Å². The molecule has 4 aromatic rings. The summed E-state index contributed by atoms with van der Waals surface area (Å²) in [4.78, 5) is 2.56. The van der Waals surface area contributed by atoms with Crippen LogP contribution in [0.15, 0.2) is 76.5 Å². The van der Waals surface area contributed by atoms with Crippen LogP contribution in [0.25, 0.3) is 22.4 Å². The van der Waals surface area contributed by atoms with E-state index in [1.807, 2.05) is 11.8 Å². The summed E-state index contributed by atoms with van der Waals surface area (Å²) in [6.45, 7) is 4.45. The number of nitrogens with zero attached hydrogens (tertiary/aromatic N) is 2. The monoisotopic (exact) mass is 342 g/mol. The molecule has 5 rings (SSSR count). The van der Waals surface area contributed by atoms with E-state index in [1.54, 1.807) is 0 Å². The van der Waals surface area contributed by atoms with Crippen molar-refractivity contribution < 1.29 is 4.57 Å². The molecule has 0 spiro atoms. The third-order valence-electron chi connectivity index (χ3n) is 4.79. The first kappa shape index (κ1) is 14.8. The molecular formula is C22H18N2S. The van der Waals surface area contributed by atoms with E-state index in [1.165, 1.54) is 32.1 Å². The fourth-order valence-corrected chi connectivity index (χ4v) is 4.51. The van der Waals surface area contributed by atoms with Crippen molar-refractivity contribution in [3.05, 3.63) is 78.6 Å². The number of hydrogen-bond donors (Lipinski definition) is 0. The maximum Gasteiger partial charge on any atom is 0.269 e. The summed E-state index contributed by atoms with van der Waals surface area (Å²) in [6, 6.07) is 23.9. The SMILES string of the molecule is CC(C)c1ccc(-n2[c-][n+]3c4c(cccc42)Sc2ccccc2-3)cc1. The highest BCUT2D eigenvalue weighted by atomic mass is 32.2. The number of fused-ring (bicyclic) bond motifs is 2. The van der Waals surface area contributed by atoms with E-state index in [9.17, 15) is 0 Å². The van der Waals surface area contributed by atoms with Gasteiger partial charge in [-0.2, -0.15) is 0 Å². The van der Waals surface area contributed by atoms with Gasteiger partial charge in [-0.15, -0.1) is 0 Å². The second-order valence-corrected chi connectivity index (χ2v) is 7.79. The largest absolute Gasteiger partial charge is 0.292 e. The van der Waals surface area contributed by atoms with Crippen molar-refractivity contribution in [2.45, 2.75) is 29.6 Å². The molecule has 25 heavy (non-hydrogen) atoms. The van der Waals surface area contributed by atoms with Crippen LogP contribution in [0.3, 0.4) is 0 Å². The van der Waals surface area contributed by atoms with E-state index in [0.29, 0.717) is 5.92 Å². The average Bonchev–Trinajstić information content (AvgIpc) is 3.03. The first-order chi connectivity index (χ1) is 12.2. The van der Waals surface area contributed by atoms with Crippen LogP contribution in [-0.2, 0) is 0 Å². The zero-order valence-corrected chi connectivity index (χ0v) is 15.0. The first-order valence-electron chi connectivity index (χ1n) is 8.59. The molecule has 2 heterocycles. The number of benzene rings is 3. The van der Waals surface area contributed by atoms with E-state index in [4.69, 9.17) is 0 Å². The Balaban J connectivity index is 1.76. The molecule has 0 fully saturated rings. The Kier molecular flexibility index (Phi) is 3.25. The summed E-state index contributed by atoms with van der Waals surface area (Å²) in [7, 11) is 0. The molecule has 0 aliphatic carbocycles. The molecule has 3 aromatic carbocycles. The Morgan fingerprint density at radius 2 is 1.64 bits per heavy atom. The predicted molar refractivity (Wildman–Crippen MR) is 102 cm³/mol. The van der Waals surface area contributed by atoms with Gasteiger partial charge in [0.25, 0.3) is 6.33 Å². The molecule has 0 amide bonds. The molecule has 1 aliphatic rings. The smallest absolute Gasteiger partial charge is 0.269 e. The van der Waals surface area contributed by atoms with Gasteiger partial charge in [-0.25, -0.2) is 0 Å². The maximum atomic E-state index is 3.57. The molecule has 0 saturated heterocycles. The van der Waals surface area contributed by atoms with Crippen molar-refractivity contribution in [1.29, 1.82) is 0 Å². The molecule has 1 aliphatic heterocycles. The molecule has 0 bridgehead atoms. The van der Waals surface area contributed by atoms with Gasteiger partial charge in [0.05, 0.1) is 22.4 Å². The quantitative estimate of drug-likeness (QED) is 0.312. The summed E-state index contributed by atoms with van der Waals surface area (Å²) in [6.07, 6.45) is 3.57. The Labute approximate surface area is 151 Å². The second-order valence-electron chi connectivity index (χ2n) is 6.71. The minimum atomic E-state index is 0.543. The zero-order chi connectivity index (χ0) is 17.0. The summed E-state index contributed by atoms with van der Waals surface area (Å²) >= 11 is 1.84. The number of imidazole rings is 1. The molecule has 122 valence electrons. The average molecular weight is 342 g/mol. The molecule has 0 N–H and O–H groups in total. The maximum absolute atomic E-state index is 3.57. The number of para-hydroxylation sites is 2. The van der Waals surface area contributed by atoms with E-state index in [2.05, 4.69) is 96.0 Å². The number of rotatable bonds is 2. The molecule has 0 atom stereocenters.